The first-order valence-corrected chi connectivity index (χ1v) is 12.3. The molecule has 2 rings (SSSR count). The third kappa shape index (κ3) is 4.06. The second kappa shape index (κ2) is 6.96. The van der Waals surface area contributed by atoms with Gasteiger partial charge >= 0.3 is 0 Å². The highest BCUT2D eigenvalue weighted by molar-refractivity contribution is 7.89. The summed E-state index contributed by atoms with van der Waals surface area (Å²) < 4.78 is 28.0. The molecule has 0 saturated heterocycles. The van der Waals surface area contributed by atoms with Gasteiger partial charge in [-0.05, 0) is 41.4 Å². The Kier molecular flexibility index (Phi) is 5.54. The summed E-state index contributed by atoms with van der Waals surface area (Å²) in [6.45, 7) is 8.60. The van der Waals surface area contributed by atoms with E-state index in [1.165, 1.54) is 12.1 Å². The van der Waals surface area contributed by atoms with Crippen molar-refractivity contribution in [3.8, 4) is 0 Å². The monoisotopic (exact) mass is 382 g/mol. The van der Waals surface area contributed by atoms with Crippen molar-refractivity contribution in [2.45, 2.75) is 37.3 Å². The molecule has 0 fully saturated rings. The molecule has 130 valence electrons. The molecule has 1 aromatic heterocycles. The van der Waals surface area contributed by atoms with Gasteiger partial charge in [0.25, 0.3) is 0 Å². The molecule has 1 N–H and O–H groups in total. The lowest BCUT2D eigenvalue weighted by Gasteiger charge is -2.39. The van der Waals surface area contributed by atoms with Crippen LogP contribution in [0.5, 0.6) is 0 Å². The highest BCUT2D eigenvalue weighted by Gasteiger charge is 2.43. The predicted molar refractivity (Wildman–Crippen MR) is 102 cm³/mol. The van der Waals surface area contributed by atoms with Gasteiger partial charge < -0.3 is 0 Å². The van der Waals surface area contributed by atoms with Gasteiger partial charge in [0, 0.05) is 22.7 Å². The second-order valence-corrected chi connectivity index (χ2v) is 14.3. The van der Waals surface area contributed by atoms with E-state index in [1.807, 2.05) is 18.2 Å². The van der Waals surface area contributed by atoms with E-state index < -0.39 is 18.1 Å². The van der Waals surface area contributed by atoms with Crippen molar-refractivity contribution >= 4 is 35.0 Å². The van der Waals surface area contributed by atoms with Crippen molar-refractivity contribution in [1.82, 2.24) is 9.71 Å². The molecule has 7 heteroatoms. The van der Waals surface area contributed by atoms with Crippen molar-refractivity contribution < 1.29 is 8.42 Å². The number of hydrogen-bond donors (Lipinski definition) is 1. The number of nitrogens with zero attached hydrogens (tertiary/aromatic N) is 1. The summed E-state index contributed by atoms with van der Waals surface area (Å²) in [7, 11) is -5.79. The van der Waals surface area contributed by atoms with Crippen LogP contribution in [0.25, 0.3) is 0 Å². The number of rotatable bonds is 5. The van der Waals surface area contributed by atoms with E-state index in [0.29, 0.717) is 11.2 Å². The van der Waals surface area contributed by atoms with E-state index in [4.69, 9.17) is 11.6 Å². The van der Waals surface area contributed by atoms with Crippen molar-refractivity contribution in [3.63, 3.8) is 0 Å². The smallest absolute Gasteiger partial charge is 0.240 e. The van der Waals surface area contributed by atoms with E-state index in [-0.39, 0.29) is 9.93 Å². The lowest BCUT2D eigenvalue weighted by atomic mass is 10.2. The van der Waals surface area contributed by atoms with Crippen LogP contribution in [0.1, 0.15) is 20.8 Å². The molecule has 0 aliphatic heterocycles. The Hall–Kier alpha value is -1.21. The standard InChI is InChI=1S/C17H23ClN2O2SSi/c1-17(2,3)24(4,16-7-5-6-12-19-16)13-20-23(21,22)15-10-8-14(18)9-11-15/h5-12,20H,13H2,1-4H3. The lowest BCUT2D eigenvalue weighted by molar-refractivity contribution is 0.585. The Bertz CT molecular complexity index is 790. The molecule has 0 radical (unpaired) electrons. The fourth-order valence-corrected chi connectivity index (χ4v) is 7.37. The average molecular weight is 383 g/mol. The summed E-state index contributed by atoms with van der Waals surface area (Å²) in [5, 5.41) is 1.46. The summed E-state index contributed by atoms with van der Waals surface area (Å²) in [5.41, 5.74) is 0. The number of nitrogens with one attached hydrogen (secondary N) is 1. The average Bonchev–Trinajstić information content (AvgIpc) is 2.53. The first-order valence-electron chi connectivity index (χ1n) is 7.73. The van der Waals surface area contributed by atoms with Gasteiger partial charge in [-0.2, -0.15) is 0 Å². The summed E-state index contributed by atoms with van der Waals surface area (Å²) in [6.07, 6.45) is 2.15. The lowest BCUT2D eigenvalue weighted by Crippen LogP contribution is -2.61. The molecule has 0 amide bonds. The Labute approximate surface area is 150 Å². The zero-order valence-corrected chi connectivity index (χ0v) is 16.9. The van der Waals surface area contributed by atoms with Crippen LogP contribution in [0, 0.1) is 0 Å². The van der Waals surface area contributed by atoms with Gasteiger partial charge in [0.1, 0.15) is 8.07 Å². The highest BCUT2D eigenvalue weighted by Crippen LogP contribution is 2.35. The molecule has 0 bridgehead atoms. The van der Waals surface area contributed by atoms with Gasteiger partial charge in [-0.25, -0.2) is 13.1 Å². The number of halogens is 1. The van der Waals surface area contributed by atoms with Gasteiger partial charge in [0.2, 0.25) is 10.0 Å². The van der Waals surface area contributed by atoms with Crippen molar-refractivity contribution in [2.24, 2.45) is 0 Å². The number of sulfonamides is 1. The number of hydrogen-bond acceptors (Lipinski definition) is 3. The Morgan fingerprint density at radius 3 is 2.25 bits per heavy atom. The minimum absolute atomic E-state index is 0.0517. The molecular formula is C17H23ClN2O2SSi. The Morgan fingerprint density at radius 1 is 1.12 bits per heavy atom. The zero-order valence-electron chi connectivity index (χ0n) is 14.4. The summed E-state index contributed by atoms with van der Waals surface area (Å²) in [5.74, 6) is 0. The maximum absolute atomic E-state index is 12.6. The second-order valence-electron chi connectivity index (χ2n) is 7.08. The van der Waals surface area contributed by atoms with Gasteiger partial charge in [-0.15, -0.1) is 0 Å². The van der Waals surface area contributed by atoms with Crippen molar-refractivity contribution in [2.75, 3.05) is 6.17 Å². The van der Waals surface area contributed by atoms with E-state index >= 15 is 0 Å². The number of pyridine rings is 1. The van der Waals surface area contributed by atoms with E-state index in [0.717, 1.165) is 5.32 Å². The molecule has 1 aromatic carbocycles. The fraction of sp³-hybridized carbons (Fsp3) is 0.353. The zero-order chi connectivity index (χ0) is 18.0. The summed E-state index contributed by atoms with van der Waals surface area (Å²) in [6, 6.07) is 12.0. The van der Waals surface area contributed by atoms with Crippen LogP contribution in [0.3, 0.4) is 0 Å². The molecule has 0 saturated carbocycles. The van der Waals surface area contributed by atoms with Crippen LogP contribution in [-0.2, 0) is 10.0 Å². The number of benzene rings is 1. The van der Waals surface area contributed by atoms with E-state index in [9.17, 15) is 8.42 Å². The first-order chi connectivity index (χ1) is 11.1. The van der Waals surface area contributed by atoms with Crippen LogP contribution in [0.2, 0.25) is 16.6 Å². The molecule has 0 aliphatic carbocycles. The molecule has 4 nitrogen and oxygen atoms in total. The van der Waals surface area contributed by atoms with Crippen LogP contribution in [0.15, 0.2) is 53.6 Å². The van der Waals surface area contributed by atoms with Gasteiger partial charge in [-0.3, -0.25) is 4.98 Å². The Morgan fingerprint density at radius 2 is 1.75 bits per heavy atom. The quantitative estimate of drug-likeness (QED) is 0.807. The van der Waals surface area contributed by atoms with Crippen LogP contribution >= 0.6 is 11.6 Å². The van der Waals surface area contributed by atoms with E-state index in [2.05, 4.69) is 37.0 Å². The minimum Gasteiger partial charge on any atom is -0.266 e. The highest BCUT2D eigenvalue weighted by atomic mass is 35.5. The summed E-state index contributed by atoms with van der Waals surface area (Å²) >= 11 is 5.83. The van der Waals surface area contributed by atoms with E-state index in [1.54, 1.807) is 18.3 Å². The van der Waals surface area contributed by atoms with Crippen LogP contribution in [0.4, 0.5) is 0 Å². The van der Waals surface area contributed by atoms with Crippen LogP contribution in [-0.4, -0.2) is 27.6 Å². The molecule has 0 aliphatic rings. The van der Waals surface area contributed by atoms with Crippen molar-refractivity contribution in [3.05, 3.63) is 53.7 Å². The molecule has 24 heavy (non-hydrogen) atoms. The minimum atomic E-state index is -3.58. The fourth-order valence-electron chi connectivity index (χ4n) is 2.37. The molecule has 2 aromatic rings. The number of aromatic nitrogens is 1. The van der Waals surface area contributed by atoms with Crippen molar-refractivity contribution in [1.29, 1.82) is 0 Å². The molecule has 1 heterocycles. The maximum Gasteiger partial charge on any atom is 0.240 e. The summed E-state index contributed by atoms with van der Waals surface area (Å²) in [4.78, 5) is 4.73. The van der Waals surface area contributed by atoms with Gasteiger partial charge in [-0.1, -0.05) is 45.0 Å². The molecular weight excluding hydrogens is 360 g/mol. The topological polar surface area (TPSA) is 59.1 Å². The van der Waals surface area contributed by atoms with Gasteiger partial charge in [0.05, 0.1) is 4.90 Å². The van der Waals surface area contributed by atoms with Crippen LogP contribution < -0.4 is 10.0 Å². The van der Waals surface area contributed by atoms with Gasteiger partial charge in [0.15, 0.2) is 0 Å². The third-order valence-electron chi connectivity index (χ3n) is 4.63. The molecule has 1 atom stereocenters. The molecule has 1 unspecified atom stereocenters. The normalized spacial score (nSPS) is 15.0. The Balaban J connectivity index is 2.30. The maximum atomic E-state index is 12.6. The SMILES string of the molecule is CC(C)(C)[Si](C)(CNS(=O)(=O)c1ccc(Cl)cc1)c1ccccn1. The molecule has 0 spiro atoms. The first kappa shape index (κ1) is 19.1. The predicted octanol–water partition coefficient (Wildman–Crippen LogP) is 3.34. The third-order valence-corrected chi connectivity index (χ3v) is 12.2. The largest absolute Gasteiger partial charge is 0.266 e.